The number of likely N-dealkylation sites (N-methyl/N-ethyl adjacent to an activating group) is 1. The fourth-order valence-corrected chi connectivity index (χ4v) is 3.47. The molecular formula is C16H23FN2O2. The van der Waals surface area contributed by atoms with Gasteiger partial charge in [0, 0.05) is 24.2 Å². The molecule has 2 heterocycles. The van der Waals surface area contributed by atoms with Gasteiger partial charge in [0.25, 0.3) is 0 Å². The van der Waals surface area contributed by atoms with E-state index in [1.165, 1.54) is 18.9 Å². The van der Waals surface area contributed by atoms with Crippen molar-refractivity contribution in [1.29, 1.82) is 0 Å². The van der Waals surface area contributed by atoms with Gasteiger partial charge in [0.15, 0.2) is 0 Å². The zero-order valence-electron chi connectivity index (χ0n) is 12.6. The number of methoxy groups -OCH3 is 1. The van der Waals surface area contributed by atoms with Gasteiger partial charge >= 0.3 is 0 Å². The van der Waals surface area contributed by atoms with E-state index in [2.05, 4.69) is 10.2 Å². The Morgan fingerprint density at radius 2 is 2.33 bits per heavy atom. The molecule has 2 saturated heterocycles. The summed E-state index contributed by atoms with van der Waals surface area (Å²) in [7, 11) is 3.40. The number of nitrogens with zero attached hydrogens (tertiary/aromatic N) is 1. The second kappa shape index (κ2) is 6.30. The Hall–Kier alpha value is -1.17. The Bertz CT molecular complexity index is 497. The smallest absolute Gasteiger partial charge is 0.131 e. The molecule has 3 rings (SSSR count). The third-order valence-corrected chi connectivity index (χ3v) is 4.64. The first-order chi connectivity index (χ1) is 10.2. The van der Waals surface area contributed by atoms with Crippen molar-refractivity contribution >= 4 is 0 Å². The summed E-state index contributed by atoms with van der Waals surface area (Å²) in [6, 6.07) is 5.43. The van der Waals surface area contributed by atoms with E-state index >= 15 is 0 Å². The predicted octanol–water partition coefficient (Wildman–Crippen LogP) is 1.96. The van der Waals surface area contributed by atoms with Crippen molar-refractivity contribution in [3.8, 4) is 5.75 Å². The van der Waals surface area contributed by atoms with Gasteiger partial charge in [-0.3, -0.25) is 4.90 Å². The van der Waals surface area contributed by atoms with Gasteiger partial charge in [-0.15, -0.1) is 0 Å². The van der Waals surface area contributed by atoms with Gasteiger partial charge in [0.2, 0.25) is 0 Å². The summed E-state index contributed by atoms with van der Waals surface area (Å²) < 4.78 is 25.4. The number of rotatable bonds is 4. The Kier molecular flexibility index (Phi) is 4.42. The highest BCUT2D eigenvalue weighted by molar-refractivity contribution is 5.31. The minimum absolute atomic E-state index is 0.0211. The molecule has 0 bridgehead atoms. The van der Waals surface area contributed by atoms with E-state index in [1.807, 2.05) is 7.05 Å². The van der Waals surface area contributed by atoms with Crippen molar-refractivity contribution in [2.24, 2.45) is 0 Å². The van der Waals surface area contributed by atoms with E-state index in [9.17, 15) is 4.39 Å². The summed E-state index contributed by atoms with van der Waals surface area (Å²) in [4.78, 5) is 2.47. The SMILES string of the molecule is CNC(c1ccc(OC)cc1F)C1CN2CCCC2CO1. The number of morpholine rings is 1. The molecule has 2 aliphatic heterocycles. The Morgan fingerprint density at radius 1 is 1.48 bits per heavy atom. The van der Waals surface area contributed by atoms with Crippen LogP contribution in [-0.2, 0) is 4.74 Å². The maximum atomic E-state index is 14.3. The fourth-order valence-electron chi connectivity index (χ4n) is 3.47. The minimum Gasteiger partial charge on any atom is -0.497 e. The molecule has 0 aliphatic carbocycles. The predicted molar refractivity (Wildman–Crippen MR) is 79.1 cm³/mol. The maximum Gasteiger partial charge on any atom is 0.131 e. The van der Waals surface area contributed by atoms with Crippen LogP contribution in [0.1, 0.15) is 24.4 Å². The van der Waals surface area contributed by atoms with Gasteiger partial charge in [-0.1, -0.05) is 6.07 Å². The maximum absolute atomic E-state index is 14.3. The van der Waals surface area contributed by atoms with Crippen LogP contribution < -0.4 is 10.1 Å². The van der Waals surface area contributed by atoms with Crippen molar-refractivity contribution in [2.75, 3.05) is 33.9 Å². The molecule has 0 saturated carbocycles. The highest BCUT2D eigenvalue weighted by atomic mass is 19.1. The summed E-state index contributed by atoms with van der Waals surface area (Å²) in [5, 5.41) is 3.21. The van der Waals surface area contributed by atoms with Gasteiger partial charge < -0.3 is 14.8 Å². The van der Waals surface area contributed by atoms with Crippen molar-refractivity contribution in [3.05, 3.63) is 29.6 Å². The number of benzene rings is 1. The van der Waals surface area contributed by atoms with Crippen LogP contribution >= 0.6 is 0 Å². The van der Waals surface area contributed by atoms with Gasteiger partial charge in [0.1, 0.15) is 11.6 Å². The molecule has 0 spiro atoms. The molecular weight excluding hydrogens is 271 g/mol. The zero-order chi connectivity index (χ0) is 14.8. The average molecular weight is 294 g/mol. The highest BCUT2D eigenvalue weighted by Crippen LogP contribution is 2.30. The molecule has 4 nitrogen and oxygen atoms in total. The average Bonchev–Trinajstić information content (AvgIpc) is 2.97. The van der Waals surface area contributed by atoms with E-state index in [4.69, 9.17) is 9.47 Å². The summed E-state index contributed by atoms with van der Waals surface area (Å²) in [5.74, 6) is 0.288. The van der Waals surface area contributed by atoms with Crippen molar-refractivity contribution in [2.45, 2.75) is 31.0 Å². The van der Waals surface area contributed by atoms with Gasteiger partial charge in [-0.25, -0.2) is 4.39 Å². The van der Waals surface area contributed by atoms with E-state index in [1.54, 1.807) is 19.2 Å². The molecule has 5 heteroatoms. The Balaban J connectivity index is 1.78. The second-order valence-electron chi connectivity index (χ2n) is 5.82. The van der Waals surface area contributed by atoms with Crippen LogP contribution in [0.15, 0.2) is 18.2 Å². The van der Waals surface area contributed by atoms with Gasteiger partial charge in [0.05, 0.1) is 25.9 Å². The Labute approximate surface area is 125 Å². The van der Waals surface area contributed by atoms with Crippen molar-refractivity contribution in [3.63, 3.8) is 0 Å². The first kappa shape index (κ1) is 14.8. The standard InChI is InChI=1S/C16H23FN2O2/c1-18-16(13-6-5-12(20-2)8-14(13)17)15-9-19-7-3-4-11(19)10-21-15/h5-6,8,11,15-16,18H,3-4,7,9-10H2,1-2H3. The molecule has 2 aliphatic rings. The van der Waals surface area contributed by atoms with Crippen LogP contribution in [0.3, 0.4) is 0 Å². The summed E-state index contributed by atoms with van der Waals surface area (Å²) in [6.45, 7) is 2.74. The first-order valence-electron chi connectivity index (χ1n) is 7.59. The third kappa shape index (κ3) is 2.91. The summed E-state index contributed by atoms with van der Waals surface area (Å²) in [6.07, 6.45) is 2.43. The van der Waals surface area contributed by atoms with E-state index < -0.39 is 0 Å². The minimum atomic E-state index is -0.249. The number of hydrogen-bond donors (Lipinski definition) is 1. The molecule has 1 aromatic carbocycles. The molecule has 3 unspecified atom stereocenters. The lowest BCUT2D eigenvalue weighted by molar-refractivity contribution is -0.0647. The number of hydrogen-bond acceptors (Lipinski definition) is 4. The summed E-state index contributed by atoms with van der Waals surface area (Å²) >= 11 is 0. The molecule has 3 atom stereocenters. The van der Waals surface area contributed by atoms with Crippen molar-refractivity contribution in [1.82, 2.24) is 10.2 Å². The monoisotopic (exact) mass is 294 g/mol. The summed E-state index contributed by atoms with van der Waals surface area (Å²) in [5.41, 5.74) is 0.640. The van der Waals surface area contributed by atoms with Gasteiger partial charge in [-0.05, 0) is 32.5 Å². The third-order valence-electron chi connectivity index (χ3n) is 4.64. The highest BCUT2D eigenvalue weighted by Gasteiger charge is 2.36. The molecule has 116 valence electrons. The quantitative estimate of drug-likeness (QED) is 0.920. The fraction of sp³-hybridized carbons (Fsp3) is 0.625. The lowest BCUT2D eigenvalue weighted by atomic mass is 9.98. The van der Waals surface area contributed by atoms with Crippen LogP contribution in [0, 0.1) is 5.82 Å². The van der Waals surface area contributed by atoms with E-state index in [0.717, 1.165) is 19.7 Å². The number of fused-ring (bicyclic) bond motifs is 1. The molecule has 0 amide bonds. The largest absolute Gasteiger partial charge is 0.497 e. The zero-order valence-corrected chi connectivity index (χ0v) is 12.6. The second-order valence-corrected chi connectivity index (χ2v) is 5.82. The van der Waals surface area contributed by atoms with Crippen molar-refractivity contribution < 1.29 is 13.9 Å². The normalized spacial score (nSPS) is 27.4. The van der Waals surface area contributed by atoms with Crippen LogP contribution in [0.4, 0.5) is 4.39 Å². The van der Waals surface area contributed by atoms with Crippen LogP contribution in [-0.4, -0.2) is 50.9 Å². The lowest BCUT2D eigenvalue weighted by Crippen LogP contribution is -2.50. The number of halogens is 1. The molecule has 0 aromatic heterocycles. The molecule has 1 N–H and O–H groups in total. The molecule has 0 radical (unpaired) electrons. The van der Waals surface area contributed by atoms with Crippen LogP contribution in [0.2, 0.25) is 0 Å². The molecule has 2 fully saturated rings. The van der Waals surface area contributed by atoms with Gasteiger partial charge in [-0.2, -0.15) is 0 Å². The Morgan fingerprint density at radius 3 is 3.05 bits per heavy atom. The molecule has 21 heavy (non-hydrogen) atoms. The van der Waals surface area contributed by atoms with E-state index in [0.29, 0.717) is 17.4 Å². The van der Waals surface area contributed by atoms with Crippen LogP contribution in [0.5, 0.6) is 5.75 Å². The topological polar surface area (TPSA) is 33.7 Å². The number of nitrogens with one attached hydrogen (secondary N) is 1. The number of ether oxygens (including phenoxy) is 2. The first-order valence-corrected chi connectivity index (χ1v) is 7.59. The molecule has 1 aromatic rings. The van der Waals surface area contributed by atoms with Crippen LogP contribution in [0.25, 0.3) is 0 Å². The van der Waals surface area contributed by atoms with E-state index in [-0.39, 0.29) is 18.0 Å². The lowest BCUT2D eigenvalue weighted by Gasteiger charge is -2.39.